The van der Waals surface area contributed by atoms with Crippen LogP contribution in [-0.4, -0.2) is 4.98 Å². The van der Waals surface area contributed by atoms with Crippen LogP contribution in [0.3, 0.4) is 0 Å². The number of nitrogens with zero attached hydrogens (tertiary/aromatic N) is 2. The summed E-state index contributed by atoms with van der Waals surface area (Å²) in [4.78, 5) is 4.65. The number of fused-ring (bicyclic) bond motifs is 3. The second-order valence-electron chi connectivity index (χ2n) is 8.00. The van der Waals surface area contributed by atoms with Gasteiger partial charge in [0.1, 0.15) is 11.2 Å². The summed E-state index contributed by atoms with van der Waals surface area (Å²) in [6, 6.07) is 28.6. The molecular formula is C27H20N2O. The molecule has 144 valence electrons. The van der Waals surface area contributed by atoms with Gasteiger partial charge in [0, 0.05) is 27.9 Å². The smallest absolute Gasteiger partial charge is 0.146 e. The van der Waals surface area contributed by atoms with Crippen molar-refractivity contribution in [1.29, 1.82) is 5.26 Å². The zero-order chi connectivity index (χ0) is 20.7. The summed E-state index contributed by atoms with van der Waals surface area (Å²) in [5, 5.41) is 11.4. The number of aromatic nitrogens is 1. The molecule has 2 heterocycles. The molecule has 0 saturated carbocycles. The van der Waals surface area contributed by atoms with Gasteiger partial charge >= 0.3 is 0 Å². The molecule has 0 aliphatic carbocycles. The first kappa shape index (κ1) is 18.1. The first-order valence-corrected chi connectivity index (χ1v) is 9.96. The highest BCUT2D eigenvalue weighted by Crippen LogP contribution is 2.39. The maximum atomic E-state index is 9.64. The molecule has 0 unspecified atom stereocenters. The van der Waals surface area contributed by atoms with Crippen molar-refractivity contribution in [3.05, 3.63) is 102 Å². The van der Waals surface area contributed by atoms with Crippen molar-refractivity contribution < 1.29 is 4.42 Å². The van der Waals surface area contributed by atoms with Gasteiger partial charge in [-0.25, -0.2) is 0 Å². The number of furan rings is 1. The standard InChI is InChI=1S/C27H20N2O/c1-27(2,19-8-4-3-5-9-19)20-14-15-29-23(16-20)21-13-12-18(17-28)25-22-10-6-7-11-24(22)30-26(21)25/h3-16H,1-2H3. The van der Waals surface area contributed by atoms with E-state index in [1.54, 1.807) is 0 Å². The van der Waals surface area contributed by atoms with Crippen LogP contribution < -0.4 is 0 Å². The van der Waals surface area contributed by atoms with E-state index < -0.39 is 0 Å². The Kier molecular flexibility index (Phi) is 4.15. The Morgan fingerprint density at radius 1 is 0.867 bits per heavy atom. The molecule has 0 fully saturated rings. The number of pyridine rings is 1. The van der Waals surface area contributed by atoms with E-state index in [0.717, 1.165) is 27.6 Å². The van der Waals surface area contributed by atoms with Crippen LogP contribution in [0.4, 0.5) is 0 Å². The number of rotatable bonds is 3. The lowest BCUT2D eigenvalue weighted by molar-refractivity contribution is 0.640. The molecule has 0 aliphatic rings. The molecule has 3 aromatic carbocycles. The van der Waals surface area contributed by atoms with Crippen LogP contribution >= 0.6 is 0 Å². The minimum absolute atomic E-state index is 0.168. The first-order valence-electron chi connectivity index (χ1n) is 9.96. The first-order chi connectivity index (χ1) is 14.6. The largest absolute Gasteiger partial charge is 0.455 e. The summed E-state index contributed by atoms with van der Waals surface area (Å²) in [6.45, 7) is 4.44. The third-order valence-corrected chi connectivity index (χ3v) is 5.90. The number of hydrogen-bond donors (Lipinski definition) is 0. The minimum Gasteiger partial charge on any atom is -0.455 e. The third kappa shape index (κ3) is 2.77. The average molecular weight is 388 g/mol. The van der Waals surface area contributed by atoms with E-state index in [1.165, 1.54) is 11.1 Å². The van der Waals surface area contributed by atoms with Gasteiger partial charge in [-0.15, -0.1) is 0 Å². The second-order valence-corrected chi connectivity index (χ2v) is 8.00. The van der Waals surface area contributed by atoms with Crippen LogP contribution in [0.2, 0.25) is 0 Å². The second kappa shape index (κ2) is 6.86. The van der Waals surface area contributed by atoms with Crippen molar-refractivity contribution in [2.24, 2.45) is 0 Å². The van der Waals surface area contributed by atoms with Crippen LogP contribution in [0.25, 0.3) is 33.2 Å². The molecule has 3 nitrogen and oxygen atoms in total. The average Bonchev–Trinajstić information content (AvgIpc) is 3.19. The van der Waals surface area contributed by atoms with Crippen molar-refractivity contribution in [2.45, 2.75) is 19.3 Å². The molecule has 0 N–H and O–H groups in total. The van der Waals surface area contributed by atoms with Crippen molar-refractivity contribution >= 4 is 21.9 Å². The van der Waals surface area contributed by atoms with Crippen LogP contribution in [0.5, 0.6) is 0 Å². The van der Waals surface area contributed by atoms with E-state index >= 15 is 0 Å². The van der Waals surface area contributed by atoms with Gasteiger partial charge in [-0.1, -0.05) is 62.4 Å². The van der Waals surface area contributed by atoms with Crippen LogP contribution in [0, 0.1) is 11.3 Å². The fraction of sp³-hybridized carbons (Fsp3) is 0.111. The number of hydrogen-bond acceptors (Lipinski definition) is 3. The number of nitriles is 1. The fourth-order valence-corrected chi connectivity index (χ4v) is 4.11. The highest BCUT2D eigenvalue weighted by molar-refractivity contribution is 6.11. The van der Waals surface area contributed by atoms with Gasteiger partial charge in [-0.05, 0) is 41.5 Å². The lowest BCUT2D eigenvalue weighted by atomic mass is 9.78. The summed E-state index contributed by atoms with van der Waals surface area (Å²) >= 11 is 0. The molecule has 0 radical (unpaired) electrons. The quantitative estimate of drug-likeness (QED) is 0.340. The van der Waals surface area contributed by atoms with Crippen molar-refractivity contribution in [3.8, 4) is 17.3 Å². The summed E-state index contributed by atoms with van der Waals surface area (Å²) < 4.78 is 6.20. The maximum absolute atomic E-state index is 9.64. The van der Waals surface area contributed by atoms with E-state index in [4.69, 9.17) is 4.42 Å². The molecule has 0 bridgehead atoms. The Morgan fingerprint density at radius 2 is 1.63 bits per heavy atom. The zero-order valence-electron chi connectivity index (χ0n) is 16.9. The molecule has 0 atom stereocenters. The van der Waals surface area contributed by atoms with Crippen molar-refractivity contribution in [1.82, 2.24) is 4.98 Å². The van der Waals surface area contributed by atoms with Gasteiger partial charge in [-0.2, -0.15) is 5.26 Å². The Hall–Kier alpha value is -3.90. The van der Waals surface area contributed by atoms with Gasteiger partial charge in [0.25, 0.3) is 0 Å². The normalized spacial score (nSPS) is 11.6. The van der Waals surface area contributed by atoms with Gasteiger partial charge in [-0.3, -0.25) is 4.98 Å². The van der Waals surface area contributed by atoms with E-state index in [1.807, 2.05) is 48.7 Å². The van der Waals surface area contributed by atoms with E-state index in [-0.39, 0.29) is 5.41 Å². The predicted octanol–water partition coefficient (Wildman–Crippen LogP) is 6.85. The molecule has 0 spiro atoms. The van der Waals surface area contributed by atoms with Crippen molar-refractivity contribution in [2.75, 3.05) is 0 Å². The third-order valence-electron chi connectivity index (χ3n) is 5.90. The lowest BCUT2D eigenvalue weighted by Gasteiger charge is -2.26. The Bertz CT molecular complexity index is 1420. The predicted molar refractivity (Wildman–Crippen MR) is 120 cm³/mol. The highest BCUT2D eigenvalue weighted by atomic mass is 16.3. The van der Waals surface area contributed by atoms with Gasteiger partial charge in [0.15, 0.2) is 0 Å². The lowest BCUT2D eigenvalue weighted by Crippen LogP contribution is -2.18. The van der Waals surface area contributed by atoms with Crippen LogP contribution in [0.1, 0.15) is 30.5 Å². The fourth-order valence-electron chi connectivity index (χ4n) is 4.11. The Balaban J connectivity index is 1.73. The SMILES string of the molecule is CC(C)(c1ccccc1)c1ccnc(-c2ccc(C#N)c3c2oc2ccccc23)c1. The van der Waals surface area contributed by atoms with Crippen molar-refractivity contribution in [3.63, 3.8) is 0 Å². The van der Waals surface area contributed by atoms with Gasteiger partial charge in [0.2, 0.25) is 0 Å². The summed E-state index contributed by atoms with van der Waals surface area (Å²) in [6.07, 6.45) is 1.85. The highest BCUT2D eigenvalue weighted by Gasteiger charge is 2.24. The molecule has 30 heavy (non-hydrogen) atoms. The summed E-state index contributed by atoms with van der Waals surface area (Å²) in [5.41, 5.74) is 6.08. The monoisotopic (exact) mass is 388 g/mol. The summed E-state index contributed by atoms with van der Waals surface area (Å²) in [7, 11) is 0. The van der Waals surface area contributed by atoms with Crippen LogP contribution in [-0.2, 0) is 5.41 Å². The number of para-hydroxylation sites is 1. The van der Waals surface area contributed by atoms with E-state index in [2.05, 4.69) is 61.3 Å². The molecule has 5 aromatic rings. The zero-order valence-corrected chi connectivity index (χ0v) is 16.9. The number of benzene rings is 3. The Labute approximate surface area is 175 Å². The molecule has 0 saturated heterocycles. The summed E-state index contributed by atoms with van der Waals surface area (Å²) in [5.74, 6) is 0. The molecule has 0 amide bonds. The molecule has 2 aromatic heterocycles. The maximum Gasteiger partial charge on any atom is 0.146 e. The van der Waals surface area contributed by atoms with Gasteiger partial charge < -0.3 is 4.42 Å². The molecule has 3 heteroatoms. The minimum atomic E-state index is -0.168. The van der Waals surface area contributed by atoms with Gasteiger partial charge in [0.05, 0.1) is 17.3 Å². The van der Waals surface area contributed by atoms with E-state index in [0.29, 0.717) is 11.1 Å². The molecular weight excluding hydrogens is 368 g/mol. The molecule has 0 aliphatic heterocycles. The topological polar surface area (TPSA) is 49.8 Å². The molecule has 5 rings (SSSR count). The van der Waals surface area contributed by atoms with Crippen LogP contribution in [0.15, 0.2) is 89.5 Å². The Morgan fingerprint density at radius 3 is 2.43 bits per heavy atom. The van der Waals surface area contributed by atoms with E-state index in [9.17, 15) is 5.26 Å².